The quantitative estimate of drug-likeness (QED) is 0.900. The van der Waals surface area contributed by atoms with Gasteiger partial charge in [-0.05, 0) is 17.9 Å². The molecule has 2 aromatic rings. The number of aromatic nitrogens is 1. The van der Waals surface area contributed by atoms with Gasteiger partial charge >= 0.3 is 0 Å². The van der Waals surface area contributed by atoms with Crippen molar-refractivity contribution in [1.82, 2.24) is 10.3 Å². The first-order valence-electron chi connectivity index (χ1n) is 6.40. The van der Waals surface area contributed by atoms with Gasteiger partial charge in [0.1, 0.15) is 5.69 Å². The Morgan fingerprint density at radius 3 is 2.70 bits per heavy atom. The third-order valence-electron chi connectivity index (χ3n) is 3.43. The smallest absolute Gasteiger partial charge is 0.270 e. The summed E-state index contributed by atoms with van der Waals surface area (Å²) in [4.78, 5) is 16.2. The maximum absolute atomic E-state index is 12.1. The number of carbonyl (C=O) groups excluding carboxylic acids is 1. The van der Waals surface area contributed by atoms with Gasteiger partial charge in [-0.1, -0.05) is 24.3 Å². The highest BCUT2D eigenvalue weighted by atomic mass is 32.2. The molecular formula is C14H14N2O3S. The van der Waals surface area contributed by atoms with Crippen LogP contribution in [0.25, 0.3) is 10.8 Å². The van der Waals surface area contributed by atoms with E-state index in [1.54, 1.807) is 12.3 Å². The fraction of sp³-hybridized carbons (Fsp3) is 0.286. The van der Waals surface area contributed by atoms with Crippen LogP contribution in [0.4, 0.5) is 0 Å². The third kappa shape index (κ3) is 2.65. The molecule has 1 aliphatic heterocycles. The minimum Gasteiger partial charge on any atom is -0.347 e. The Balaban J connectivity index is 1.79. The van der Waals surface area contributed by atoms with Crippen LogP contribution in [0.15, 0.2) is 36.5 Å². The van der Waals surface area contributed by atoms with E-state index in [4.69, 9.17) is 0 Å². The fourth-order valence-corrected chi connectivity index (χ4v) is 4.05. The number of nitrogens with zero attached hydrogens (tertiary/aromatic N) is 1. The molecule has 0 aliphatic carbocycles. The molecule has 5 nitrogen and oxygen atoms in total. The van der Waals surface area contributed by atoms with Crippen LogP contribution in [0.5, 0.6) is 0 Å². The van der Waals surface area contributed by atoms with Crippen molar-refractivity contribution in [2.24, 2.45) is 0 Å². The summed E-state index contributed by atoms with van der Waals surface area (Å²) in [7, 11) is -2.99. The first kappa shape index (κ1) is 13.1. The van der Waals surface area contributed by atoms with Gasteiger partial charge in [0.25, 0.3) is 5.91 Å². The van der Waals surface area contributed by atoms with Crippen LogP contribution in [0.1, 0.15) is 16.9 Å². The van der Waals surface area contributed by atoms with Crippen LogP contribution in [-0.4, -0.2) is 36.9 Å². The van der Waals surface area contributed by atoms with Gasteiger partial charge < -0.3 is 5.32 Å². The van der Waals surface area contributed by atoms with E-state index in [0.717, 1.165) is 10.8 Å². The van der Waals surface area contributed by atoms with Crippen molar-refractivity contribution in [3.63, 3.8) is 0 Å². The lowest BCUT2D eigenvalue weighted by atomic mass is 10.1. The summed E-state index contributed by atoms with van der Waals surface area (Å²) in [6, 6.07) is 9.05. The fourth-order valence-electron chi connectivity index (χ4n) is 2.38. The molecule has 1 aromatic heterocycles. The summed E-state index contributed by atoms with van der Waals surface area (Å²) >= 11 is 0. The van der Waals surface area contributed by atoms with Crippen LogP contribution in [0.2, 0.25) is 0 Å². The molecule has 104 valence electrons. The number of amides is 1. The topological polar surface area (TPSA) is 76.1 Å². The van der Waals surface area contributed by atoms with Gasteiger partial charge in [-0.3, -0.25) is 9.78 Å². The molecule has 1 amide bonds. The summed E-state index contributed by atoms with van der Waals surface area (Å²) in [6.45, 7) is 0. The summed E-state index contributed by atoms with van der Waals surface area (Å²) < 4.78 is 22.7. The molecule has 2 heterocycles. The number of hydrogen-bond donors (Lipinski definition) is 1. The van der Waals surface area contributed by atoms with E-state index < -0.39 is 9.84 Å². The van der Waals surface area contributed by atoms with Crippen LogP contribution in [-0.2, 0) is 9.84 Å². The van der Waals surface area contributed by atoms with E-state index >= 15 is 0 Å². The lowest BCUT2D eigenvalue weighted by molar-refractivity contribution is 0.0936. The molecule has 1 fully saturated rings. The average Bonchev–Trinajstić information content (AvgIpc) is 2.77. The van der Waals surface area contributed by atoms with Crippen molar-refractivity contribution in [2.45, 2.75) is 12.5 Å². The zero-order valence-electron chi connectivity index (χ0n) is 10.7. The largest absolute Gasteiger partial charge is 0.347 e. The van der Waals surface area contributed by atoms with Crippen molar-refractivity contribution >= 4 is 26.5 Å². The van der Waals surface area contributed by atoms with E-state index in [0.29, 0.717) is 12.1 Å². The molecule has 6 heteroatoms. The lowest BCUT2D eigenvalue weighted by Crippen LogP contribution is -2.36. The third-order valence-corrected chi connectivity index (χ3v) is 5.20. The summed E-state index contributed by atoms with van der Waals surface area (Å²) in [6.07, 6.45) is 2.12. The molecule has 0 saturated carbocycles. The predicted octanol–water partition coefficient (Wildman–Crippen LogP) is 1.15. The second kappa shape index (κ2) is 4.86. The highest BCUT2D eigenvalue weighted by Gasteiger charge is 2.29. The minimum atomic E-state index is -2.99. The number of nitrogens with one attached hydrogen (secondary N) is 1. The van der Waals surface area contributed by atoms with Gasteiger partial charge in [0.05, 0.1) is 11.5 Å². The zero-order chi connectivity index (χ0) is 14.2. The Hall–Kier alpha value is -1.95. The number of carbonyl (C=O) groups is 1. The maximum atomic E-state index is 12.1. The first-order valence-corrected chi connectivity index (χ1v) is 8.22. The first-order chi connectivity index (χ1) is 9.53. The van der Waals surface area contributed by atoms with Gasteiger partial charge in [-0.2, -0.15) is 0 Å². The van der Waals surface area contributed by atoms with E-state index in [2.05, 4.69) is 10.3 Å². The molecule has 20 heavy (non-hydrogen) atoms. The number of hydrogen-bond acceptors (Lipinski definition) is 4. The molecule has 0 spiro atoms. The number of fused-ring (bicyclic) bond motifs is 1. The van der Waals surface area contributed by atoms with Crippen molar-refractivity contribution in [2.75, 3.05) is 11.5 Å². The van der Waals surface area contributed by atoms with Gasteiger partial charge in [0.15, 0.2) is 9.84 Å². The molecule has 1 aliphatic rings. The van der Waals surface area contributed by atoms with Crippen LogP contribution < -0.4 is 5.32 Å². The normalized spacial score (nSPS) is 20.9. The van der Waals surface area contributed by atoms with E-state index in [1.807, 2.05) is 24.3 Å². The highest BCUT2D eigenvalue weighted by Crippen LogP contribution is 2.15. The van der Waals surface area contributed by atoms with E-state index in [9.17, 15) is 13.2 Å². The maximum Gasteiger partial charge on any atom is 0.270 e. The monoisotopic (exact) mass is 290 g/mol. The molecule has 1 atom stereocenters. The standard InChI is InChI=1S/C14H14N2O3S/c17-14(16-12-5-6-20(18,19)9-12)13-7-10-3-1-2-4-11(10)8-15-13/h1-4,7-8,12H,5-6,9H2,(H,16,17). The summed E-state index contributed by atoms with van der Waals surface area (Å²) in [5.41, 5.74) is 0.313. The zero-order valence-corrected chi connectivity index (χ0v) is 11.6. The molecule has 0 bridgehead atoms. The molecule has 1 unspecified atom stereocenters. The van der Waals surface area contributed by atoms with E-state index in [1.165, 1.54) is 0 Å². The van der Waals surface area contributed by atoms with Crippen LogP contribution in [0, 0.1) is 0 Å². The van der Waals surface area contributed by atoms with Crippen molar-refractivity contribution in [1.29, 1.82) is 0 Å². The Labute approximate surface area is 116 Å². The Bertz CT molecular complexity index is 771. The van der Waals surface area contributed by atoms with Crippen molar-refractivity contribution in [3.05, 3.63) is 42.2 Å². The number of rotatable bonds is 2. The molecule has 1 N–H and O–H groups in total. The number of pyridine rings is 1. The second-order valence-corrected chi connectivity index (χ2v) is 7.22. The predicted molar refractivity (Wildman–Crippen MR) is 76.3 cm³/mol. The molecular weight excluding hydrogens is 276 g/mol. The lowest BCUT2D eigenvalue weighted by Gasteiger charge is -2.10. The van der Waals surface area contributed by atoms with E-state index in [-0.39, 0.29) is 23.5 Å². The van der Waals surface area contributed by atoms with Crippen LogP contribution >= 0.6 is 0 Å². The molecule has 0 radical (unpaired) electrons. The minimum absolute atomic E-state index is 0.0202. The molecule has 1 saturated heterocycles. The molecule has 3 rings (SSSR count). The SMILES string of the molecule is O=C(NC1CCS(=O)(=O)C1)c1cc2ccccc2cn1. The van der Waals surface area contributed by atoms with Crippen LogP contribution in [0.3, 0.4) is 0 Å². The Morgan fingerprint density at radius 1 is 1.25 bits per heavy atom. The second-order valence-electron chi connectivity index (χ2n) is 4.99. The highest BCUT2D eigenvalue weighted by molar-refractivity contribution is 7.91. The van der Waals surface area contributed by atoms with Gasteiger partial charge in [-0.25, -0.2) is 8.42 Å². The van der Waals surface area contributed by atoms with Gasteiger partial charge in [0.2, 0.25) is 0 Å². The Kier molecular flexibility index (Phi) is 3.17. The Morgan fingerprint density at radius 2 is 2.00 bits per heavy atom. The summed E-state index contributed by atoms with van der Waals surface area (Å²) in [5.74, 6) is -0.159. The number of benzene rings is 1. The van der Waals surface area contributed by atoms with Crippen molar-refractivity contribution < 1.29 is 13.2 Å². The van der Waals surface area contributed by atoms with Gasteiger partial charge in [-0.15, -0.1) is 0 Å². The molecule has 1 aromatic carbocycles. The number of sulfone groups is 1. The summed E-state index contributed by atoms with van der Waals surface area (Å²) in [5, 5.41) is 4.64. The van der Waals surface area contributed by atoms with Gasteiger partial charge in [0, 0.05) is 17.6 Å². The van der Waals surface area contributed by atoms with Crippen molar-refractivity contribution in [3.8, 4) is 0 Å². The average molecular weight is 290 g/mol.